The molecular formula is C23H28N6O4S. The monoisotopic (exact) mass is 484 g/mol. The molecule has 0 radical (unpaired) electrons. The molecule has 34 heavy (non-hydrogen) atoms. The van der Waals surface area contributed by atoms with Gasteiger partial charge < -0.3 is 20.3 Å². The van der Waals surface area contributed by atoms with E-state index in [9.17, 15) is 14.4 Å². The van der Waals surface area contributed by atoms with Crippen LogP contribution in [0, 0.1) is 5.92 Å². The molecule has 180 valence electrons. The third kappa shape index (κ3) is 5.36. The molecule has 0 unspecified atom stereocenters. The average molecular weight is 485 g/mol. The highest BCUT2D eigenvalue weighted by atomic mass is 32.1. The van der Waals surface area contributed by atoms with Crippen LogP contribution in [0.4, 0.5) is 10.8 Å². The van der Waals surface area contributed by atoms with E-state index >= 15 is 0 Å². The lowest BCUT2D eigenvalue weighted by molar-refractivity contribution is -0.126. The number of rotatable bonds is 7. The van der Waals surface area contributed by atoms with Crippen LogP contribution in [0.1, 0.15) is 26.7 Å². The van der Waals surface area contributed by atoms with Gasteiger partial charge in [-0.1, -0.05) is 17.4 Å². The minimum Gasteiger partial charge on any atom is -0.497 e. The molecule has 2 N–H and O–H groups in total. The Balaban J connectivity index is 1.43. The summed E-state index contributed by atoms with van der Waals surface area (Å²) in [5.41, 5.74) is 0.645. The second-order valence-corrected chi connectivity index (χ2v) is 9.51. The van der Waals surface area contributed by atoms with Crippen LogP contribution in [0.25, 0.3) is 10.3 Å². The minimum absolute atomic E-state index is 0.00789. The van der Waals surface area contributed by atoms with E-state index in [0.717, 1.165) is 12.8 Å². The Morgan fingerprint density at radius 3 is 2.74 bits per heavy atom. The van der Waals surface area contributed by atoms with Gasteiger partial charge in [0.2, 0.25) is 11.8 Å². The first-order valence-corrected chi connectivity index (χ1v) is 12.0. The van der Waals surface area contributed by atoms with E-state index in [1.165, 1.54) is 22.2 Å². The maximum absolute atomic E-state index is 13.0. The number of amides is 2. The molecule has 1 aliphatic rings. The van der Waals surface area contributed by atoms with Crippen molar-refractivity contribution in [3.63, 3.8) is 0 Å². The number of nitrogens with zero attached hydrogens (tertiary/aromatic N) is 4. The van der Waals surface area contributed by atoms with Crippen LogP contribution < -0.4 is 25.8 Å². The number of aromatic nitrogens is 3. The van der Waals surface area contributed by atoms with Crippen molar-refractivity contribution in [3.05, 3.63) is 40.9 Å². The number of hydrogen-bond acceptors (Lipinski definition) is 8. The highest BCUT2D eigenvalue weighted by Crippen LogP contribution is 2.29. The summed E-state index contributed by atoms with van der Waals surface area (Å²) in [6.07, 6.45) is 2.81. The van der Waals surface area contributed by atoms with Crippen molar-refractivity contribution in [1.82, 2.24) is 19.9 Å². The largest absolute Gasteiger partial charge is 0.497 e. The van der Waals surface area contributed by atoms with Crippen LogP contribution in [-0.2, 0) is 16.1 Å². The fraction of sp³-hybridized carbons (Fsp3) is 0.435. The summed E-state index contributed by atoms with van der Waals surface area (Å²) < 4.78 is 6.85. The molecule has 0 aliphatic carbocycles. The van der Waals surface area contributed by atoms with Gasteiger partial charge in [-0.05, 0) is 38.8 Å². The van der Waals surface area contributed by atoms with E-state index in [1.54, 1.807) is 31.4 Å². The van der Waals surface area contributed by atoms with E-state index < -0.39 is 0 Å². The van der Waals surface area contributed by atoms with Gasteiger partial charge in [-0.2, -0.15) is 4.98 Å². The van der Waals surface area contributed by atoms with Gasteiger partial charge in [-0.3, -0.25) is 19.0 Å². The molecule has 0 bridgehead atoms. The van der Waals surface area contributed by atoms with E-state index in [1.807, 2.05) is 13.8 Å². The van der Waals surface area contributed by atoms with Gasteiger partial charge in [0.05, 0.1) is 7.11 Å². The Hall–Kier alpha value is -3.47. The smallest absolute Gasteiger partial charge is 0.273 e. The second kappa shape index (κ2) is 10.2. The van der Waals surface area contributed by atoms with Crippen molar-refractivity contribution in [2.24, 2.45) is 5.92 Å². The van der Waals surface area contributed by atoms with E-state index in [-0.39, 0.29) is 35.9 Å². The molecule has 1 aromatic carbocycles. The fourth-order valence-corrected chi connectivity index (χ4v) is 4.89. The predicted molar refractivity (Wildman–Crippen MR) is 132 cm³/mol. The van der Waals surface area contributed by atoms with Crippen LogP contribution >= 0.6 is 11.3 Å². The van der Waals surface area contributed by atoms with Crippen molar-refractivity contribution in [2.45, 2.75) is 39.3 Å². The lowest BCUT2D eigenvalue weighted by Gasteiger charge is -2.31. The molecule has 3 heterocycles. The van der Waals surface area contributed by atoms with Crippen LogP contribution in [0.5, 0.6) is 5.75 Å². The summed E-state index contributed by atoms with van der Waals surface area (Å²) in [5, 5.41) is 6.45. The Kier molecular flexibility index (Phi) is 7.11. The first-order chi connectivity index (χ1) is 16.3. The minimum atomic E-state index is -0.344. The van der Waals surface area contributed by atoms with Crippen molar-refractivity contribution >= 4 is 44.3 Å². The molecule has 3 aromatic rings. The van der Waals surface area contributed by atoms with Gasteiger partial charge >= 0.3 is 0 Å². The van der Waals surface area contributed by atoms with Crippen LogP contribution in [-0.4, -0.2) is 52.6 Å². The first-order valence-electron chi connectivity index (χ1n) is 11.2. The highest BCUT2D eigenvalue weighted by molar-refractivity contribution is 7.22. The molecule has 10 nitrogen and oxygen atoms in total. The number of benzene rings is 1. The van der Waals surface area contributed by atoms with Gasteiger partial charge in [-0.25, -0.2) is 4.98 Å². The Morgan fingerprint density at radius 2 is 2.03 bits per heavy atom. The van der Waals surface area contributed by atoms with Gasteiger partial charge in [0, 0.05) is 36.8 Å². The Bertz CT molecular complexity index is 1250. The van der Waals surface area contributed by atoms with Crippen molar-refractivity contribution < 1.29 is 14.3 Å². The maximum Gasteiger partial charge on any atom is 0.273 e. The highest BCUT2D eigenvalue weighted by Gasteiger charge is 2.27. The van der Waals surface area contributed by atoms with Gasteiger partial charge in [0.15, 0.2) is 10.8 Å². The van der Waals surface area contributed by atoms with Crippen LogP contribution in [0.15, 0.2) is 35.4 Å². The van der Waals surface area contributed by atoms with Gasteiger partial charge in [0.1, 0.15) is 23.3 Å². The van der Waals surface area contributed by atoms with Crippen molar-refractivity contribution in [1.29, 1.82) is 0 Å². The zero-order chi connectivity index (χ0) is 24.2. The van der Waals surface area contributed by atoms with Crippen LogP contribution in [0.2, 0.25) is 0 Å². The lowest BCUT2D eigenvalue weighted by Crippen LogP contribution is -2.42. The van der Waals surface area contributed by atoms with E-state index in [0.29, 0.717) is 40.0 Å². The number of fused-ring (bicyclic) bond motifs is 1. The summed E-state index contributed by atoms with van der Waals surface area (Å²) in [4.78, 5) is 48.6. The molecule has 0 atom stereocenters. The summed E-state index contributed by atoms with van der Waals surface area (Å²) in [6.45, 7) is 5.12. The SMILES string of the molecule is COc1cccc(NC(=O)Cn2cnc3nc(N4CCC(C(=O)NC(C)C)CC4)sc3c2=O)c1. The number of piperidine rings is 1. The van der Waals surface area contributed by atoms with Crippen molar-refractivity contribution in [2.75, 3.05) is 30.4 Å². The summed E-state index contributed by atoms with van der Waals surface area (Å²) in [7, 11) is 1.55. The quantitative estimate of drug-likeness (QED) is 0.528. The molecule has 1 aliphatic heterocycles. The topological polar surface area (TPSA) is 118 Å². The number of nitrogens with one attached hydrogen (secondary N) is 2. The summed E-state index contributed by atoms with van der Waals surface area (Å²) in [5.74, 6) is 0.366. The zero-order valence-electron chi connectivity index (χ0n) is 19.4. The second-order valence-electron chi connectivity index (χ2n) is 8.53. The van der Waals surface area contributed by atoms with E-state index in [2.05, 4.69) is 25.5 Å². The van der Waals surface area contributed by atoms with Gasteiger partial charge in [-0.15, -0.1) is 0 Å². The molecule has 1 saturated heterocycles. The standard InChI is InChI=1S/C23H28N6O4S/c1-14(2)25-21(31)15-7-9-28(10-8-15)23-27-20-19(34-23)22(32)29(13-24-20)12-18(30)26-16-5-4-6-17(11-16)33-3/h4-6,11,13-15H,7-10,12H2,1-3H3,(H,25,31)(H,26,30). The fourth-order valence-electron chi connectivity index (χ4n) is 3.87. The normalized spacial score (nSPS) is 14.4. The number of hydrogen-bond donors (Lipinski definition) is 2. The average Bonchev–Trinajstić information content (AvgIpc) is 3.26. The molecule has 0 spiro atoms. The molecule has 2 aromatic heterocycles. The maximum atomic E-state index is 13.0. The third-order valence-electron chi connectivity index (χ3n) is 5.61. The summed E-state index contributed by atoms with van der Waals surface area (Å²) >= 11 is 1.27. The summed E-state index contributed by atoms with van der Waals surface area (Å²) in [6, 6.07) is 7.12. The Morgan fingerprint density at radius 1 is 1.26 bits per heavy atom. The molecule has 2 amide bonds. The van der Waals surface area contributed by atoms with E-state index in [4.69, 9.17) is 4.74 Å². The molecule has 1 fully saturated rings. The van der Waals surface area contributed by atoms with Crippen molar-refractivity contribution in [3.8, 4) is 5.75 Å². The molecule has 0 saturated carbocycles. The number of ether oxygens (including phenoxy) is 1. The van der Waals surface area contributed by atoms with Gasteiger partial charge in [0.25, 0.3) is 5.56 Å². The number of methoxy groups -OCH3 is 1. The third-order valence-corrected chi connectivity index (χ3v) is 6.70. The number of anilines is 2. The van der Waals surface area contributed by atoms with Crippen LogP contribution in [0.3, 0.4) is 0 Å². The molecule has 4 rings (SSSR count). The Labute approximate surface area is 201 Å². The zero-order valence-corrected chi connectivity index (χ0v) is 20.2. The first kappa shape index (κ1) is 23.7. The number of carbonyl (C=O) groups excluding carboxylic acids is 2. The number of thiazole rings is 1. The lowest BCUT2D eigenvalue weighted by atomic mass is 9.96. The predicted octanol–water partition coefficient (Wildman–Crippen LogP) is 2.24. The number of carbonyl (C=O) groups is 2. The molecule has 11 heteroatoms. The molecular weight excluding hydrogens is 456 g/mol.